The maximum atomic E-state index is 3.68. The van der Waals surface area contributed by atoms with Gasteiger partial charge in [-0.25, -0.2) is 0 Å². The fraction of sp³-hybridized carbons (Fsp3) is 0.636. The number of halogens is 1. The lowest BCUT2D eigenvalue weighted by Gasteiger charge is -2.25. The van der Waals surface area contributed by atoms with Gasteiger partial charge in [-0.15, -0.1) is 0 Å². The third-order valence-electron chi connectivity index (χ3n) is 3.11. The van der Waals surface area contributed by atoms with Gasteiger partial charge >= 0.3 is 0 Å². The molecule has 0 N–H and O–H groups in total. The predicted octanol–water partition coefficient (Wildman–Crippen LogP) is 4.25. The molecule has 0 aromatic carbocycles. The van der Waals surface area contributed by atoms with E-state index in [-0.39, 0.29) is 0 Å². The minimum absolute atomic E-state index is 0.584. The van der Waals surface area contributed by atoms with Crippen LogP contribution in [0.15, 0.2) is 16.8 Å². The van der Waals surface area contributed by atoms with Crippen molar-refractivity contribution in [3.8, 4) is 0 Å². The first kappa shape index (κ1) is 9.72. The first-order valence-electron chi connectivity index (χ1n) is 4.92. The monoisotopic (exact) mass is 258 g/mol. The van der Waals surface area contributed by atoms with Crippen LogP contribution in [0.1, 0.15) is 31.2 Å². The van der Waals surface area contributed by atoms with E-state index in [0.717, 1.165) is 0 Å². The summed E-state index contributed by atoms with van der Waals surface area (Å²) in [5.74, 6) is 0. The Bertz CT molecular complexity index is 247. The standard InChI is InChI=1S/C11H15BrS/c12-9-11(4-1-2-5-11)7-10-3-6-13-8-10/h3,6,8H,1-2,4-5,7,9H2. The Morgan fingerprint density at radius 3 is 2.69 bits per heavy atom. The topological polar surface area (TPSA) is 0 Å². The second kappa shape index (κ2) is 4.14. The smallest absolute Gasteiger partial charge is 0.00911 e. The lowest BCUT2D eigenvalue weighted by atomic mass is 9.83. The van der Waals surface area contributed by atoms with Crippen molar-refractivity contribution in [1.29, 1.82) is 0 Å². The molecule has 0 atom stereocenters. The van der Waals surface area contributed by atoms with E-state index in [9.17, 15) is 0 Å². The SMILES string of the molecule is BrCC1(Cc2ccsc2)CCCC1. The third kappa shape index (κ3) is 2.16. The van der Waals surface area contributed by atoms with Crippen LogP contribution in [-0.4, -0.2) is 5.33 Å². The van der Waals surface area contributed by atoms with Crippen LogP contribution in [0.25, 0.3) is 0 Å². The van der Waals surface area contributed by atoms with E-state index in [1.807, 2.05) is 11.3 Å². The van der Waals surface area contributed by atoms with Crippen LogP contribution in [0, 0.1) is 5.41 Å². The summed E-state index contributed by atoms with van der Waals surface area (Å²) in [7, 11) is 0. The Hall–Kier alpha value is 0.180. The van der Waals surface area contributed by atoms with Gasteiger partial charge in [-0.1, -0.05) is 28.8 Å². The molecule has 0 nitrogen and oxygen atoms in total. The molecule has 1 heterocycles. The zero-order chi connectivity index (χ0) is 9.15. The van der Waals surface area contributed by atoms with Crippen molar-refractivity contribution in [3.05, 3.63) is 22.4 Å². The zero-order valence-corrected chi connectivity index (χ0v) is 10.2. The van der Waals surface area contributed by atoms with E-state index in [1.165, 1.54) is 43.0 Å². The van der Waals surface area contributed by atoms with E-state index in [4.69, 9.17) is 0 Å². The van der Waals surface area contributed by atoms with Crippen LogP contribution in [0.2, 0.25) is 0 Å². The molecule has 0 bridgehead atoms. The average molecular weight is 259 g/mol. The molecular formula is C11H15BrS. The molecule has 13 heavy (non-hydrogen) atoms. The molecule has 0 radical (unpaired) electrons. The summed E-state index contributed by atoms with van der Waals surface area (Å²) in [5.41, 5.74) is 2.12. The van der Waals surface area contributed by atoms with Crippen LogP contribution >= 0.6 is 27.3 Å². The van der Waals surface area contributed by atoms with Gasteiger partial charge in [-0.05, 0) is 47.1 Å². The van der Waals surface area contributed by atoms with E-state index < -0.39 is 0 Å². The fourth-order valence-corrected chi connectivity index (χ4v) is 3.74. The van der Waals surface area contributed by atoms with E-state index in [0.29, 0.717) is 5.41 Å². The summed E-state index contributed by atoms with van der Waals surface area (Å²) in [6.45, 7) is 0. The van der Waals surface area contributed by atoms with Crippen LogP contribution in [0.5, 0.6) is 0 Å². The molecule has 0 unspecified atom stereocenters. The van der Waals surface area contributed by atoms with Crippen molar-refractivity contribution in [2.45, 2.75) is 32.1 Å². The lowest BCUT2D eigenvalue weighted by molar-refractivity contribution is 0.347. The zero-order valence-electron chi connectivity index (χ0n) is 7.76. The quantitative estimate of drug-likeness (QED) is 0.712. The van der Waals surface area contributed by atoms with Crippen molar-refractivity contribution in [2.24, 2.45) is 5.41 Å². The molecule has 1 aromatic heterocycles. The second-order valence-electron chi connectivity index (χ2n) is 4.15. The Morgan fingerprint density at radius 1 is 1.38 bits per heavy atom. The van der Waals surface area contributed by atoms with Gasteiger partial charge in [-0.3, -0.25) is 0 Å². The summed E-state index contributed by atoms with van der Waals surface area (Å²) in [6.07, 6.45) is 6.95. The Morgan fingerprint density at radius 2 is 2.15 bits per heavy atom. The molecule has 0 aliphatic heterocycles. The Labute approximate surface area is 92.5 Å². The van der Waals surface area contributed by atoms with Crippen LogP contribution < -0.4 is 0 Å². The van der Waals surface area contributed by atoms with Gasteiger partial charge in [0.2, 0.25) is 0 Å². The summed E-state index contributed by atoms with van der Waals surface area (Å²) < 4.78 is 0. The maximum absolute atomic E-state index is 3.68. The molecule has 1 saturated carbocycles. The number of thiophene rings is 1. The molecule has 0 spiro atoms. The molecule has 0 saturated heterocycles. The summed E-state index contributed by atoms with van der Waals surface area (Å²) in [6, 6.07) is 2.27. The van der Waals surface area contributed by atoms with E-state index in [1.54, 1.807) is 0 Å². The molecule has 1 aliphatic rings. The minimum atomic E-state index is 0.584. The number of hydrogen-bond donors (Lipinski definition) is 0. The molecule has 1 fully saturated rings. The third-order valence-corrected chi connectivity index (χ3v) is 5.03. The van der Waals surface area contributed by atoms with Crippen LogP contribution in [0.3, 0.4) is 0 Å². The maximum Gasteiger partial charge on any atom is 0.00911 e. The van der Waals surface area contributed by atoms with Gasteiger partial charge in [0, 0.05) is 5.33 Å². The first-order valence-corrected chi connectivity index (χ1v) is 6.98. The molecule has 72 valence electrons. The lowest BCUT2D eigenvalue weighted by Crippen LogP contribution is -2.20. The highest BCUT2D eigenvalue weighted by Gasteiger charge is 2.32. The number of alkyl halides is 1. The summed E-state index contributed by atoms with van der Waals surface area (Å²) in [4.78, 5) is 0. The second-order valence-corrected chi connectivity index (χ2v) is 5.49. The normalized spacial score (nSPS) is 20.7. The molecule has 2 heteroatoms. The first-order chi connectivity index (χ1) is 6.35. The van der Waals surface area contributed by atoms with E-state index in [2.05, 4.69) is 32.8 Å². The molecular weight excluding hydrogens is 244 g/mol. The van der Waals surface area contributed by atoms with Crippen LogP contribution in [-0.2, 0) is 6.42 Å². The van der Waals surface area contributed by atoms with Crippen molar-refractivity contribution in [2.75, 3.05) is 5.33 Å². The van der Waals surface area contributed by atoms with Gasteiger partial charge in [0.15, 0.2) is 0 Å². The Kier molecular flexibility index (Phi) is 3.10. The average Bonchev–Trinajstić information content (AvgIpc) is 2.77. The Balaban J connectivity index is 2.06. The number of rotatable bonds is 3. The van der Waals surface area contributed by atoms with Crippen molar-refractivity contribution < 1.29 is 0 Å². The molecule has 1 aromatic rings. The summed E-state index contributed by atoms with van der Waals surface area (Å²) >= 11 is 5.50. The predicted molar refractivity (Wildman–Crippen MR) is 62.7 cm³/mol. The molecule has 2 rings (SSSR count). The highest BCUT2D eigenvalue weighted by Crippen LogP contribution is 2.42. The fourth-order valence-electron chi connectivity index (χ4n) is 2.31. The van der Waals surface area contributed by atoms with Gasteiger partial charge in [0.05, 0.1) is 0 Å². The van der Waals surface area contributed by atoms with Gasteiger partial charge in [0.1, 0.15) is 0 Å². The number of hydrogen-bond acceptors (Lipinski definition) is 1. The van der Waals surface area contributed by atoms with Crippen LogP contribution in [0.4, 0.5) is 0 Å². The van der Waals surface area contributed by atoms with Crippen molar-refractivity contribution in [3.63, 3.8) is 0 Å². The molecule has 0 amide bonds. The van der Waals surface area contributed by atoms with Gasteiger partial charge in [-0.2, -0.15) is 11.3 Å². The van der Waals surface area contributed by atoms with E-state index >= 15 is 0 Å². The molecule has 1 aliphatic carbocycles. The van der Waals surface area contributed by atoms with Crippen molar-refractivity contribution >= 4 is 27.3 Å². The minimum Gasteiger partial charge on any atom is -0.152 e. The summed E-state index contributed by atoms with van der Waals surface area (Å²) in [5, 5.41) is 5.66. The van der Waals surface area contributed by atoms with Crippen molar-refractivity contribution in [1.82, 2.24) is 0 Å². The highest BCUT2D eigenvalue weighted by molar-refractivity contribution is 9.09. The van der Waals surface area contributed by atoms with Gasteiger partial charge < -0.3 is 0 Å². The largest absolute Gasteiger partial charge is 0.152 e. The highest BCUT2D eigenvalue weighted by atomic mass is 79.9. The van der Waals surface area contributed by atoms with Gasteiger partial charge in [0.25, 0.3) is 0 Å².